The highest BCUT2D eigenvalue weighted by Crippen LogP contribution is 2.34. The van der Waals surface area contributed by atoms with E-state index in [9.17, 15) is 0 Å². The minimum atomic E-state index is 0. The molecule has 0 saturated carbocycles. The number of hydrogen-bond acceptors (Lipinski definition) is 0. The zero-order valence-corrected chi connectivity index (χ0v) is 20.5. The highest BCUT2D eigenvalue weighted by atomic mass is 14.3. The van der Waals surface area contributed by atoms with Gasteiger partial charge in [0.15, 0.2) is 0 Å². The Balaban J connectivity index is 0.00000148. The van der Waals surface area contributed by atoms with Crippen molar-refractivity contribution in [2.75, 3.05) is 0 Å². The third-order valence-electron chi connectivity index (χ3n) is 6.68. The summed E-state index contributed by atoms with van der Waals surface area (Å²) in [6.45, 7) is 19.8. The molecule has 0 nitrogen and oxygen atoms in total. The molecule has 0 saturated heterocycles. The average molecular weight is 435 g/mol. The maximum atomic E-state index is 4.12. The third-order valence-corrected chi connectivity index (χ3v) is 6.68. The maximum absolute atomic E-state index is 4.12. The Hall–Kier alpha value is -2.08. The molecule has 0 bridgehead atoms. The minimum absolute atomic E-state index is 0. The molecule has 0 atom stereocenters. The van der Waals surface area contributed by atoms with Gasteiger partial charge in [-0.25, -0.2) is 0 Å². The van der Waals surface area contributed by atoms with Gasteiger partial charge >= 0.3 is 0 Å². The van der Waals surface area contributed by atoms with Crippen LogP contribution in [0, 0.1) is 20.8 Å². The average Bonchev–Trinajstić information content (AvgIpc) is 3.23. The molecular weight excluding hydrogens is 384 g/mol. The fourth-order valence-corrected chi connectivity index (χ4v) is 4.53. The molecule has 0 fully saturated rings. The molecule has 0 aliphatic heterocycles. The first kappa shape index (κ1) is 29.9. The summed E-state index contributed by atoms with van der Waals surface area (Å²) in [5.74, 6) is 0. The summed E-state index contributed by atoms with van der Waals surface area (Å²) in [4.78, 5) is 0. The SMILES string of the molecule is C.C.C=C(C)c1ccccc1/C=C(\C)CCc1c(C)c(C)c2c(c1C)CCC2.CCCC. The Kier molecular flexibility index (Phi) is 13.2. The monoisotopic (exact) mass is 434 g/mol. The van der Waals surface area contributed by atoms with Crippen LogP contribution in [0.1, 0.15) is 113 Å². The Morgan fingerprint density at radius 3 is 2.00 bits per heavy atom. The Bertz CT molecular complexity index is 906. The van der Waals surface area contributed by atoms with Crippen molar-refractivity contribution >= 4 is 11.6 Å². The van der Waals surface area contributed by atoms with Gasteiger partial charge in [-0.15, -0.1) is 0 Å². The summed E-state index contributed by atoms with van der Waals surface area (Å²) in [5, 5.41) is 0. The van der Waals surface area contributed by atoms with Crippen molar-refractivity contribution in [2.45, 2.75) is 108 Å². The molecule has 0 N–H and O–H groups in total. The van der Waals surface area contributed by atoms with Gasteiger partial charge in [0.2, 0.25) is 0 Å². The van der Waals surface area contributed by atoms with Crippen LogP contribution >= 0.6 is 0 Å². The molecule has 178 valence electrons. The summed E-state index contributed by atoms with van der Waals surface area (Å²) >= 11 is 0. The van der Waals surface area contributed by atoms with Gasteiger partial charge < -0.3 is 0 Å². The minimum Gasteiger partial charge on any atom is -0.0955 e. The van der Waals surface area contributed by atoms with E-state index in [0.717, 1.165) is 18.4 Å². The number of hydrogen-bond donors (Lipinski definition) is 0. The summed E-state index contributed by atoms with van der Waals surface area (Å²) < 4.78 is 0. The maximum Gasteiger partial charge on any atom is -0.0161 e. The molecular formula is C32H50. The van der Waals surface area contributed by atoms with E-state index in [1.165, 1.54) is 54.4 Å². The Morgan fingerprint density at radius 2 is 1.44 bits per heavy atom. The van der Waals surface area contributed by atoms with Crippen molar-refractivity contribution in [1.29, 1.82) is 0 Å². The van der Waals surface area contributed by atoms with Crippen molar-refractivity contribution in [1.82, 2.24) is 0 Å². The topological polar surface area (TPSA) is 0 Å². The molecule has 0 heterocycles. The van der Waals surface area contributed by atoms with Crippen molar-refractivity contribution < 1.29 is 0 Å². The van der Waals surface area contributed by atoms with E-state index in [1.54, 1.807) is 27.8 Å². The van der Waals surface area contributed by atoms with Crippen LogP contribution in [0.3, 0.4) is 0 Å². The quantitative estimate of drug-likeness (QED) is 0.424. The van der Waals surface area contributed by atoms with E-state index >= 15 is 0 Å². The molecule has 0 radical (unpaired) electrons. The summed E-state index contributed by atoms with van der Waals surface area (Å²) in [7, 11) is 0. The van der Waals surface area contributed by atoms with Crippen LogP contribution in [0.4, 0.5) is 0 Å². The van der Waals surface area contributed by atoms with Gasteiger partial charge in [-0.2, -0.15) is 0 Å². The van der Waals surface area contributed by atoms with Gasteiger partial charge in [0.1, 0.15) is 0 Å². The van der Waals surface area contributed by atoms with Gasteiger partial charge in [-0.1, -0.05) is 89.6 Å². The standard InChI is InChI=1S/C26H32.C4H10.2CH4/c1-17(2)23-11-8-7-10-22(23)16-18(3)14-15-24-19(4)20(5)25-12-9-13-26(25)21(24)6;1-3-4-2;;/h7-8,10-11,16H,1,9,12-15H2,2-6H3;3-4H2,1-2H3;2*1H4/b18-16+;;;. The van der Waals surface area contributed by atoms with E-state index in [-0.39, 0.29) is 14.9 Å². The molecule has 1 aliphatic rings. The molecule has 2 aromatic rings. The van der Waals surface area contributed by atoms with Crippen molar-refractivity contribution in [3.63, 3.8) is 0 Å². The third kappa shape index (κ3) is 7.22. The molecule has 2 aromatic carbocycles. The molecule has 0 amide bonds. The van der Waals surface area contributed by atoms with Crippen molar-refractivity contribution in [3.8, 4) is 0 Å². The van der Waals surface area contributed by atoms with Gasteiger partial charge in [-0.3, -0.25) is 0 Å². The molecule has 0 aromatic heterocycles. The molecule has 0 heteroatoms. The first-order valence-corrected chi connectivity index (χ1v) is 11.8. The number of unbranched alkanes of at least 4 members (excludes halogenated alkanes) is 1. The van der Waals surface area contributed by atoms with Crippen LogP contribution in [0.2, 0.25) is 0 Å². The zero-order valence-electron chi connectivity index (χ0n) is 20.5. The van der Waals surface area contributed by atoms with Gasteiger partial charge in [-0.05, 0) is 111 Å². The lowest BCUT2D eigenvalue weighted by Crippen LogP contribution is -2.04. The first-order chi connectivity index (χ1) is 14.3. The molecule has 32 heavy (non-hydrogen) atoms. The second kappa shape index (κ2) is 14.1. The number of fused-ring (bicyclic) bond motifs is 1. The molecule has 0 spiro atoms. The van der Waals surface area contributed by atoms with Crippen molar-refractivity contribution in [3.05, 3.63) is 80.9 Å². The predicted molar refractivity (Wildman–Crippen MR) is 150 cm³/mol. The van der Waals surface area contributed by atoms with Gasteiger partial charge in [0.05, 0.1) is 0 Å². The van der Waals surface area contributed by atoms with E-state index in [1.807, 2.05) is 0 Å². The van der Waals surface area contributed by atoms with Gasteiger partial charge in [0, 0.05) is 0 Å². The molecule has 1 aliphatic carbocycles. The van der Waals surface area contributed by atoms with E-state index < -0.39 is 0 Å². The zero-order chi connectivity index (χ0) is 22.3. The second-order valence-electron chi connectivity index (χ2n) is 9.02. The second-order valence-corrected chi connectivity index (χ2v) is 9.02. The number of rotatable bonds is 6. The lowest BCUT2D eigenvalue weighted by molar-refractivity contribution is 0.886. The fraction of sp³-hybridized carbons (Fsp3) is 0.500. The largest absolute Gasteiger partial charge is 0.0955 e. The lowest BCUT2D eigenvalue weighted by atomic mass is 9.87. The smallest absolute Gasteiger partial charge is 0.0161 e. The highest BCUT2D eigenvalue weighted by Gasteiger charge is 2.20. The van der Waals surface area contributed by atoms with Crippen LogP contribution in [0.15, 0.2) is 36.4 Å². The van der Waals surface area contributed by atoms with Crippen LogP contribution in [0.5, 0.6) is 0 Å². The summed E-state index contributed by atoms with van der Waals surface area (Å²) in [6.07, 6.45) is 11.1. The molecule has 0 unspecified atom stereocenters. The van der Waals surface area contributed by atoms with E-state index in [4.69, 9.17) is 0 Å². The molecule has 3 rings (SSSR count). The van der Waals surface area contributed by atoms with Crippen LogP contribution in [-0.4, -0.2) is 0 Å². The predicted octanol–water partition coefficient (Wildman–Crippen LogP) is 10.2. The van der Waals surface area contributed by atoms with E-state index in [2.05, 4.69) is 85.4 Å². The Morgan fingerprint density at radius 1 is 0.875 bits per heavy atom. The number of allylic oxidation sites excluding steroid dienone is 2. The summed E-state index contributed by atoms with van der Waals surface area (Å²) in [5.41, 5.74) is 14.6. The van der Waals surface area contributed by atoms with Crippen LogP contribution in [0.25, 0.3) is 11.6 Å². The number of benzene rings is 2. The van der Waals surface area contributed by atoms with Crippen LogP contribution < -0.4 is 0 Å². The highest BCUT2D eigenvalue weighted by molar-refractivity contribution is 5.72. The first-order valence-electron chi connectivity index (χ1n) is 11.8. The van der Waals surface area contributed by atoms with E-state index in [0.29, 0.717) is 0 Å². The summed E-state index contributed by atoms with van der Waals surface area (Å²) in [6, 6.07) is 8.57. The van der Waals surface area contributed by atoms with Crippen molar-refractivity contribution in [2.24, 2.45) is 0 Å². The van der Waals surface area contributed by atoms with Crippen LogP contribution in [-0.2, 0) is 19.3 Å². The Labute approximate surface area is 200 Å². The lowest BCUT2D eigenvalue weighted by Gasteiger charge is -2.18. The van der Waals surface area contributed by atoms with Gasteiger partial charge in [0.25, 0.3) is 0 Å². The normalized spacial score (nSPS) is 12.2. The fourth-order valence-electron chi connectivity index (χ4n) is 4.53.